The molecule has 1 aliphatic rings. The average Bonchev–Trinajstić information content (AvgIpc) is 2.49. The van der Waals surface area contributed by atoms with Crippen molar-refractivity contribution in [1.29, 1.82) is 0 Å². The quantitative estimate of drug-likeness (QED) is 0.709. The SMILES string of the molecule is Cc1cccc(C(Cl)c2ccc3c(c2)CCCO3)c1C. The Balaban J connectivity index is 1.98. The first-order chi connectivity index (χ1) is 9.66. The summed E-state index contributed by atoms with van der Waals surface area (Å²) in [5, 5.41) is -0.0953. The summed E-state index contributed by atoms with van der Waals surface area (Å²) < 4.78 is 5.66. The van der Waals surface area contributed by atoms with Crippen LogP contribution < -0.4 is 4.74 Å². The normalized spacial score (nSPS) is 15.3. The first kappa shape index (κ1) is 13.5. The summed E-state index contributed by atoms with van der Waals surface area (Å²) in [6, 6.07) is 12.7. The molecule has 104 valence electrons. The Morgan fingerprint density at radius 2 is 2.00 bits per heavy atom. The summed E-state index contributed by atoms with van der Waals surface area (Å²) in [6.07, 6.45) is 2.17. The van der Waals surface area contributed by atoms with Gasteiger partial charge in [-0.25, -0.2) is 0 Å². The van der Waals surface area contributed by atoms with E-state index in [1.807, 2.05) is 0 Å². The molecular weight excluding hydrogens is 268 g/mol. The van der Waals surface area contributed by atoms with Gasteiger partial charge in [0, 0.05) is 0 Å². The molecule has 0 saturated carbocycles. The first-order valence-corrected chi connectivity index (χ1v) is 7.56. The lowest BCUT2D eigenvalue weighted by Gasteiger charge is -2.20. The molecule has 0 radical (unpaired) electrons. The number of halogens is 1. The molecule has 1 aliphatic heterocycles. The Labute approximate surface area is 125 Å². The van der Waals surface area contributed by atoms with Crippen LogP contribution in [0.3, 0.4) is 0 Å². The Morgan fingerprint density at radius 3 is 2.85 bits per heavy atom. The minimum absolute atomic E-state index is 0.0953. The molecule has 2 heteroatoms. The molecule has 3 rings (SSSR count). The molecule has 2 aromatic carbocycles. The third kappa shape index (κ3) is 2.43. The maximum absolute atomic E-state index is 6.71. The van der Waals surface area contributed by atoms with Gasteiger partial charge in [-0.3, -0.25) is 0 Å². The molecule has 0 aromatic heterocycles. The summed E-state index contributed by atoms with van der Waals surface area (Å²) >= 11 is 6.71. The third-order valence-electron chi connectivity index (χ3n) is 4.14. The predicted molar refractivity (Wildman–Crippen MR) is 83.9 cm³/mol. The van der Waals surface area contributed by atoms with Gasteiger partial charge in [-0.2, -0.15) is 0 Å². The number of aryl methyl sites for hydroxylation is 2. The van der Waals surface area contributed by atoms with Crippen LogP contribution in [0.5, 0.6) is 5.75 Å². The molecule has 1 unspecified atom stereocenters. The summed E-state index contributed by atoms with van der Waals surface area (Å²) in [7, 11) is 0. The number of rotatable bonds is 2. The summed E-state index contributed by atoms with van der Waals surface area (Å²) in [5.41, 5.74) is 6.20. The molecule has 1 nitrogen and oxygen atoms in total. The maximum atomic E-state index is 6.71. The van der Waals surface area contributed by atoms with Crippen LogP contribution in [-0.4, -0.2) is 6.61 Å². The molecule has 0 fully saturated rings. The zero-order valence-corrected chi connectivity index (χ0v) is 12.7. The smallest absolute Gasteiger partial charge is 0.122 e. The molecule has 20 heavy (non-hydrogen) atoms. The summed E-state index contributed by atoms with van der Waals surface area (Å²) in [5.74, 6) is 1.02. The van der Waals surface area contributed by atoms with Gasteiger partial charge >= 0.3 is 0 Å². The molecule has 0 amide bonds. The second-order valence-corrected chi connectivity index (χ2v) is 5.91. The van der Waals surface area contributed by atoms with Crippen LogP contribution in [0.4, 0.5) is 0 Å². The van der Waals surface area contributed by atoms with E-state index in [-0.39, 0.29) is 5.38 Å². The first-order valence-electron chi connectivity index (χ1n) is 7.12. The van der Waals surface area contributed by atoms with Crippen LogP contribution in [0.2, 0.25) is 0 Å². The molecule has 2 aromatic rings. The number of benzene rings is 2. The summed E-state index contributed by atoms with van der Waals surface area (Å²) in [6.45, 7) is 5.10. The number of hydrogen-bond acceptors (Lipinski definition) is 1. The fraction of sp³-hybridized carbons (Fsp3) is 0.333. The highest BCUT2D eigenvalue weighted by Crippen LogP contribution is 2.35. The Kier molecular flexibility index (Phi) is 3.71. The molecule has 0 spiro atoms. The zero-order valence-electron chi connectivity index (χ0n) is 11.9. The average molecular weight is 287 g/mol. The van der Waals surface area contributed by atoms with Crippen LogP contribution in [0.25, 0.3) is 0 Å². The largest absolute Gasteiger partial charge is 0.493 e. The van der Waals surface area contributed by atoms with E-state index >= 15 is 0 Å². The highest BCUT2D eigenvalue weighted by atomic mass is 35.5. The molecule has 0 N–H and O–H groups in total. The van der Waals surface area contributed by atoms with Gasteiger partial charge in [0.15, 0.2) is 0 Å². The zero-order chi connectivity index (χ0) is 14.1. The topological polar surface area (TPSA) is 9.23 Å². The van der Waals surface area contributed by atoms with Crippen molar-refractivity contribution in [2.24, 2.45) is 0 Å². The van der Waals surface area contributed by atoms with Crippen molar-refractivity contribution >= 4 is 11.6 Å². The Bertz CT molecular complexity index is 633. The van der Waals surface area contributed by atoms with E-state index in [9.17, 15) is 0 Å². The second-order valence-electron chi connectivity index (χ2n) is 5.47. The van der Waals surface area contributed by atoms with Crippen molar-refractivity contribution < 1.29 is 4.74 Å². The van der Waals surface area contributed by atoms with Crippen molar-refractivity contribution in [3.63, 3.8) is 0 Å². The molecule has 1 atom stereocenters. The Hall–Kier alpha value is -1.47. The summed E-state index contributed by atoms with van der Waals surface area (Å²) in [4.78, 5) is 0. The predicted octanol–water partition coefficient (Wildman–Crippen LogP) is 4.96. The van der Waals surface area contributed by atoms with Crippen LogP contribution >= 0.6 is 11.6 Å². The highest BCUT2D eigenvalue weighted by molar-refractivity contribution is 6.22. The van der Waals surface area contributed by atoms with E-state index in [1.165, 1.54) is 22.3 Å². The van der Waals surface area contributed by atoms with Gasteiger partial charge in [0.2, 0.25) is 0 Å². The minimum Gasteiger partial charge on any atom is -0.493 e. The number of hydrogen-bond donors (Lipinski definition) is 0. The second kappa shape index (κ2) is 5.49. The molecule has 0 saturated heterocycles. The van der Waals surface area contributed by atoms with Crippen molar-refractivity contribution in [3.05, 3.63) is 64.2 Å². The van der Waals surface area contributed by atoms with E-state index in [4.69, 9.17) is 16.3 Å². The van der Waals surface area contributed by atoms with E-state index in [2.05, 4.69) is 50.2 Å². The van der Waals surface area contributed by atoms with E-state index in [0.717, 1.165) is 30.8 Å². The third-order valence-corrected chi connectivity index (χ3v) is 4.63. The lowest BCUT2D eigenvalue weighted by atomic mass is 9.94. The monoisotopic (exact) mass is 286 g/mol. The molecular formula is C18H19ClO. The van der Waals surface area contributed by atoms with Gasteiger partial charge in [-0.1, -0.05) is 30.3 Å². The molecule has 0 aliphatic carbocycles. The lowest BCUT2D eigenvalue weighted by molar-refractivity contribution is 0.288. The van der Waals surface area contributed by atoms with Gasteiger partial charge in [0.25, 0.3) is 0 Å². The van der Waals surface area contributed by atoms with Crippen molar-refractivity contribution in [2.75, 3.05) is 6.61 Å². The van der Waals surface area contributed by atoms with E-state index in [1.54, 1.807) is 0 Å². The fourth-order valence-electron chi connectivity index (χ4n) is 2.77. The van der Waals surface area contributed by atoms with Crippen LogP contribution in [0.15, 0.2) is 36.4 Å². The van der Waals surface area contributed by atoms with Crippen LogP contribution in [-0.2, 0) is 6.42 Å². The van der Waals surface area contributed by atoms with E-state index < -0.39 is 0 Å². The van der Waals surface area contributed by atoms with Gasteiger partial charge in [-0.15, -0.1) is 11.6 Å². The standard InChI is InChI=1S/C18H19ClO/c1-12-5-3-7-16(13(12)2)18(19)15-8-9-17-14(11-15)6-4-10-20-17/h3,5,7-9,11,18H,4,6,10H2,1-2H3. The number of ether oxygens (including phenoxy) is 1. The van der Waals surface area contributed by atoms with Crippen LogP contribution in [0, 0.1) is 13.8 Å². The van der Waals surface area contributed by atoms with Crippen molar-refractivity contribution in [3.8, 4) is 5.75 Å². The van der Waals surface area contributed by atoms with Crippen molar-refractivity contribution in [2.45, 2.75) is 32.1 Å². The number of fused-ring (bicyclic) bond motifs is 1. The highest BCUT2D eigenvalue weighted by Gasteiger charge is 2.17. The fourth-order valence-corrected chi connectivity index (χ4v) is 3.14. The van der Waals surface area contributed by atoms with Gasteiger partial charge in [-0.05, 0) is 60.6 Å². The van der Waals surface area contributed by atoms with Gasteiger partial charge in [0.1, 0.15) is 5.75 Å². The Morgan fingerprint density at radius 1 is 1.15 bits per heavy atom. The van der Waals surface area contributed by atoms with Gasteiger partial charge in [0.05, 0.1) is 12.0 Å². The van der Waals surface area contributed by atoms with E-state index in [0.29, 0.717) is 0 Å². The maximum Gasteiger partial charge on any atom is 0.122 e. The van der Waals surface area contributed by atoms with Gasteiger partial charge < -0.3 is 4.74 Å². The lowest BCUT2D eigenvalue weighted by Crippen LogP contribution is -2.09. The molecule has 1 heterocycles. The minimum atomic E-state index is -0.0953. The number of alkyl halides is 1. The molecule has 0 bridgehead atoms. The van der Waals surface area contributed by atoms with Crippen molar-refractivity contribution in [1.82, 2.24) is 0 Å². The van der Waals surface area contributed by atoms with Crippen LogP contribution in [0.1, 0.15) is 39.6 Å².